The first-order chi connectivity index (χ1) is 14.5. The second-order valence-electron chi connectivity index (χ2n) is 10.4. The maximum absolute atomic E-state index is 12.4. The number of carbonyl (C=O) groups is 2. The van der Waals surface area contributed by atoms with Crippen LogP contribution in [0.3, 0.4) is 0 Å². The van der Waals surface area contributed by atoms with Crippen LogP contribution in [0.25, 0.3) is 0 Å². The first-order valence-corrected chi connectivity index (χ1v) is 12.4. The minimum atomic E-state index is -1.01. The smallest absolute Gasteiger partial charge is 0.188 e. The summed E-state index contributed by atoms with van der Waals surface area (Å²) in [7, 11) is 0. The molecule has 1 aliphatic carbocycles. The van der Waals surface area contributed by atoms with Gasteiger partial charge in [-0.1, -0.05) is 84.3 Å². The fourth-order valence-corrected chi connectivity index (χ4v) is 4.26. The Labute approximate surface area is 191 Å². The monoisotopic (exact) mass is 430 g/mol. The summed E-state index contributed by atoms with van der Waals surface area (Å²) in [5.74, 6) is 1.97. The lowest BCUT2D eigenvalue weighted by molar-refractivity contribution is -0.116. The van der Waals surface area contributed by atoms with Crippen LogP contribution in [0.15, 0.2) is 34.4 Å². The van der Waals surface area contributed by atoms with E-state index in [1.54, 1.807) is 19.9 Å². The van der Waals surface area contributed by atoms with E-state index in [2.05, 4.69) is 27.7 Å². The minimum absolute atomic E-state index is 0.180. The van der Waals surface area contributed by atoms with Crippen LogP contribution in [0.1, 0.15) is 106 Å². The summed E-state index contributed by atoms with van der Waals surface area (Å²) in [5, 5.41) is 10.5. The molecule has 0 aliphatic heterocycles. The molecule has 0 radical (unpaired) electrons. The van der Waals surface area contributed by atoms with E-state index in [9.17, 15) is 14.7 Å². The number of Topliss-reactive ketones (excluding diaryl/α,β-unsaturated/α-hetero) is 1. The van der Waals surface area contributed by atoms with E-state index in [0.29, 0.717) is 11.1 Å². The summed E-state index contributed by atoms with van der Waals surface area (Å²) in [5.41, 5.74) is 2.18. The molecule has 0 spiro atoms. The number of aliphatic hydroxyl groups excluding tert-OH is 1. The van der Waals surface area contributed by atoms with Crippen molar-refractivity contribution in [1.29, 1.82) is 0 Å². The molecule has 3 nitrogen and oxygen atoms in total. The van der Waals surface area contributed by atoms with Crippen molar-refractivity contribution in [3.63, 3.8) is 0 Å². The number of hydrogen-bond acceptors (Lipinski definition) is 3. The molecular weight excluding hydrogens is 384 g/mol. The first-order valence-electron chi connectivity index (χ1n) is 12.4. The molecule has 0 saturated carbocycles. The second-order valence-corrected chi connectivity index (χ2v) is 10.4. The van der Waals surface area contributed by atoms with Crippen molar-refractivity contribution in [2.75, 3.05) is 0 Å². The summed E-state index contributed by atoms with van der Waals surface area (Å²) in [6.45, 7) is 14.6. The van der Waals surface area contributed by atoms with Gasteiger partial charge in [-0.05, 0) is 57.4 Å². The Morgan fingerprint density at radius 2 is 1.39 bits per heavy atom. The van der Waals surface area contributed by atoms with Gasteiger partial charge in [0.1, 0.15) is 6.10 Å². The molecule has 0 aromatic carbocycles. The lowest BCUT2D eigenvalue weighted by Gasteiger charge is -2.18. The van der Waals surface area contributed by atoms with Crippen LogP contribution in [0, 0.1) is 17.8 Å². The molecule has 0 heterocycles. The van der Waals surface area contributed by atoms with Crippen molar-refractivity contribution in [2.24, 2.45) is 17.8 Å². The van der Waals surface area contributed by atoms with Crippen LogP contribution >= 0.6 is 0 Å². The SMILES string of the molecule is CC1=C(C)C(=O)C(C(O)/C=C(\C)CCC[C@H](C)CCC[C@H](C)CCCC(C)C)=CC1=O. The largest absolute Gasteiger partial charge is 0.384 e. The maximum Gasteiger partial charge on any atom is 0.188 e. The van der Waals surface area contributed by atoms with E-state index < -0.39 is 6.10 Å². The predicted octanol–water partition coefficient (Wildman–Crippen LogP) is 7.15. The highest BCUT2D eigenvalue weighted by Gasteiger charge is 2.26. The van der Waals surface area contributed by atoms with E-state index in [0.717, 1.165) is 36.2 Å². The minimum Gasteiger partial charge on any atom is -0.384 e. The Morgan fingerprint density at radius 3 is 1.94 bits per heavy atom. The first kappa shape index (κ1) is 27.6. The predicted molar refractivity (Wildman–Crippen MR) is 131 cm³/mol. The van der Waals surface area contributed by atoms with Gasteiger partial charge in [0.25, 0.3) is 0 Å². The quantitative estimate of drug-likeness (QED) is 0.235. The molecule has 3 heteroatoms. The molecule has 0 aromatic rings. The lowest BCUT2D eigenvalue weighted by atomic mass is 9.87. The van der Waals surface area contributed by atoms with E-state index in [-0.39, 0.29) is 17.1 Å². The number of rotatable bonds is 14. The molecule has 176 valence electrons. The van der Waals surface area contributed by atoms with E-state index in [4.69, 9.17) is 0 Å². The topological polar surface area (TPSA) is 54.4 Å². The van der Waals surface area contributed by atoms with Crippen LogP contribution < -0.4 is 0 Å². The third-order valence-corrected chi connectivity index (χ3v) is 6.72. The van der Waals surface area contributed by atoms with Crippen LogP contribution in [0.5, 0.6) is 0 Å². The van der Waals surface area contributed by atoms with Gasteiger partial charge in [-0.3, -0.25) is 9.59 Å². The molecule has 3 atom stereocenters. The Bertz CT molecular complexity index is 693. The van der Waals surface area contributed by atoms with E-state index >= 15 is 0 Å². The molecule has 0 amide bonds. The Balaban J connectivity index is 2.32. The van der Waals surface area contributed by atoms with Gasteiger partial charge in [-0.2, -0.15) is 0 Å². The standard InChI is InChI=1S/C28H46O3/c1-19(2)11-8-12-20(3)13-9-14-21(4)15-10-16-22(5)17-27(30)25-18-26(29)23(6)24(7)28(25)31/h17-21,27,30H,8-16H2,1-7H3/b22-17+/t20-,21-,27?/m1/s1. The zero-order chi connectivity index (χ0) is 23.6. The summed E-state index contributed by atoms with van der Waals surface area (Å²) in [6.07, 6.45) is 13.2. The molecule has 0 saturated heterocycles. The molecule has 1 aliphatic rings. The lowest BCUT2D eigenvalue weighted by Crippen LogP contribution is -2.24. The Kier molecular flexibility index (Phi) is 12.3. The average molecular weight is 431 g/mol. The highest BCUT2D eigenvalue weighted by Crippen LogP contribution is 2.24. The van der Waals surface area contributed by atoms with Gasteiger partial charge in [-0.15, -0.1) is 0 Å². The second kappa shape index (κ2) is 13.8. The van der Waals surface area contributed by atoms with Gasteiger partial charge in [0.2, 0.25) is 0 Å². The van der Waals surface area contributed by atoms with E-state index in [1.807, 2.05) is 6.92 Å². The van der Waals surface area contributed by atoms with Gasteiger partial charge in [-0.25, -0.2) is 0 Å². The summed E-state index contributed by atoms with van der Waals surface area (Å²) >= 11 is 0. The summed E-state index contributed by atoms with van der Waals surface area (Å²) in [4.78, 5) is 24.4. The Morgan fingerprint density at radius 1 is 0.871 bits per heavy atom. The molecular formula is C28H46O3. The zero-order valence-corrected chi connectivity index (χ0v) is 21.1. The number of allylic oxidation sites excluding steroid dienone is 4. The number of carbonyl (C=O) groups excluding carboxylic acids is 2. The Hall–Kier alpha value is -1.48. The van der Waals surface area contributed by atoms with Gasteiger partial charge in [0.05, 0.1) is 0 Å². The van der Waals surface area contributed by atoms with Crippen molar-refractivity contribution in [1.82, 2.24) is 0 Å². The third-order valence-electron chi connectivity index (χ3n) is 6.72. The summed E-state index contributed by atoms with van der Waals surface area (Å²) < 4.78 is 0. The van der Waals surface area contributed by atoms with Crippen LogP contribution in [-0.4, -0.2) is 22.8 Å². The van der Waals surface area contributed by atoms with E-state index in [1.165, 1.54) is 51.0 Å². The van der Waals surface area contributed by atoms with Gasteiger partial charge < -0.3 is 5.11 Å². The van der Waals surface area contributed by atoms with Crippen molar-refractivity contribution in [3.8, 4) is 0 Å². The number of hydrogen-bond donors (Lipinski definition) is 1. The van der Waals surface area contributed by atoms with Gasteiger partial charge >= 0.3 is 0 Å². The average Bonchev–Trinajstić information content (AvgIpc) is 2.68. The third kappa shape index (κ3) is 10.1. The fraction of sp³-hybridized carbons (Fsp3) is 0.714. The molecule has 1 N–H and O–H groups in total. The van der Waals surface area contributed by atoms with Crippen molar-refractivity contribution in [3.05, 3.63) is 34.4 Å². The molecule has 0 fully saturated rings. The van der Waals surface area contributed by atoms with Crippen molar-refractivity contribution >= 4 is 11.6 Å². The van der Waals surface area contributed by atoms with Crippen LogP contribution in [0.4, 0.5) is 0 Å². The number of aliphatic hydroxyl groups is 1. The molecule has 1 unspecified atom stereocenters. The molecule has 1 rings (SSSR count). The van der Waals surface area contributed by atoms with Gasteiger partial charge in [0.15, 0.2) is 11.6 Å². The fourth-order valence-electron chi connectivity index (χ4n) is 4.26. The van der Waals surface area contributed by atoms with Crippen LogP contribution in [0.2, 0.25) is 0 Å². The normalized spacial score (nSPS) is 18.5. The van der Waals surface area contributed by atoms with Crippen LogP contribution in [-0.2, 0) is 9.59 Å². The molecule has 0 bridgehead atoms. The van der Waals surface area contributed by atoms with Crippen molar-refractivity contribution < 1.29 is 14.7 Å². The highest BCUT2D eigenvalue weighted by molar-refractivity contribution is 6.22. The van der Waals surface area contributed by atoms with Crippen molar-refractivity contribution in [2.45, 2.75) is 112 Å². The maximum atomic E-state index is 12.4. The van der Waals surface area contributed by atoms with Gasteiger partial charge in [0, 0.05) is 16.7 Å². The molecule has 0 aromatic heterocycles. The summed E-state index contributed by atoms with van der Waals surface area (Å²) in [6, 6.07) is 0. The highest BCUT2D eigenvalue weighted by atomic mass is 16.3. The zero-order valence-electron chi connectivity index (χ0n) is 21.1. The number of ketones is 2. The molecule has 31 heavy (non-hydrogen) atoms.